The Morgan fingerprint density at radius 2 is 2.24 bits per heavy atom. The second kappa shape index (κ2) is 9.85. The second-order valence-corrected chi connectivity index (χ2v) is 4.51. The molecule has 2 N–H and O–H groups in total. The number of hydrogen-bond donors (Lipinski definition) is 2. The molecule has 0 aromatic rings. The van der Waals surface area contributed by atoms with E-state index >= 15 is 0 Å². The smallest absolute Gasteiger partial charge is 0.317 e. The number of thioether (sulfide) groups is 1. The van der Waals surface area contributed by atoms with Gasteiger partial charge in [-0.25, -0.2) is 4.79 Å². The summed E-state index contributed by atoms with van der Waals surface area (Å²) < 4.78 is 0. The Bertz CT molecular complexity index is 289. The predicted molar refractivity (Wildman–Crippen MR) is 69.1 cm³/mol. The molecule has 0 rings (SSSR count). The van der Waals surface area contributed by atoms with Crippen LogP contribution in [0.15, 0.2) is 0 Å². The maximum Gasteiger partial charge on any atom is 0.317 e. The fourth-order valence-electron chi connectivity index (χ4n) is 1.07. The van der Waals surface area contributed by atoms with Gasteiger partial charge in [0.15, 0.2) is 0 Å². The van der Waals surface area contributed by atoms with Gasteiger partial charge in [-0.1, -0.05) is 5.92 Å². The molecule has 0 aliphatic rings. The first-order valence-electron chi connectivity index (χ1n) is 5.30. The van der Waals surface area contributed by atoms with Gasteiger partial charge in [0, 0.05) is 32.3 Å². The molecule has 2 amide bonds. The van der Waals surface area contributed by atoms with Crippen LogP contribution in [0.3, 0.4) is 0 Å². The van der Waals surface area contributed by atoms with Crippen LogP contribution in [0.1, 0.15) is 12.8 Å². The van der Waals surface area contributed by atoms with Crippen molar-refractivity contribution < 1.29 is 14.7 Å². The third kappa shape index (κ3) is 9.57. The monoisotopic (exact) mass is 258 g/mol. The summed E-state index contributed by atoms with van der Waals surface area (Å²) in [6.45, 7) is 1.00. The van der Waals surface area contributed by atoms with Gasteiger partial charge in [0.1, 0.15) is 0 Å². The molecule has 0 aliphatic carbocycles. The van der Waals surface area contributed by atoms with Crippen molar-refractivity contribution in [1.29, 1.82) is 0 Å². The average Bonchev–Trinajstić information content (AvgIpc) is 2.27. The number of hydrogen-bond acceptors (Lipinski definition) is 3. The topological polar surface area (TPSA) is 69.6 Å². The minimum Gasteiger partial charge on any atom is -0.481 e. The van der Waals surface area contributed by atoms with Crippen molar-refractivity contribution in [3.05, 3.63) is 0 Å². The van der Waals surface area contributed by atoms with Crippen LogP contribution < -0.4 is 5.32 Å². The Hall–Kier alpha value is -1.35. The van der Waals surface area contributed by atoms with Gasteiger partial charge in [0.2, 0.25) is 0 Å². The number of nitrogens with one attached hydrogen (secondary N) is 1. The zero-order chi connectivity index (χ0) is 13.1. The highest BCUT2D eigenvalue weighted by molar-refractivity contribution is 7.99. The van der Waals surface area contributed by atoms with Gasteiger partial charge in [-0.15, -0.1) is 18.2 Å². The maximum absolute atomic E-state index is 11.5. The Kier molecular flexibility index (Phi) is 9.06. The summed E-state index contributed by atoms with van der Waals surface area (Å²) in [5.41, 5.74) is 0. The van der Waals surface area contributed by atoms with E-state index < -0.39 is 5.97 Å². The lowest BCUT2D eigenvalue weighted by atomic mass is 10.3. The first-order valence-corrected chi connectivity index (χ1v) is 6.45. The summed E-state index contributed by atoms with van der Waals surface area (Å²) in [5, 5.41) is 11.2. The quantitative estimate of drug-likeness (QED) is 0.500. The number of amides is 2. The van der Waals surface area contributed by atoms with E-state index in [9.17, 15) is 9.59 Å². The van der Waals surface area contributed by atoms with Gasteiger partial charge in [-0.05, 0) is 6.42 Å². The third-order valence-electron chi connectivity index (χ3n) is 1.94. The molecule has 0 saturated heterocycles. The number of carboxylic acid groups (broad SMARTS) is 1. The van der Waals surface area contributed by atoms with Crippen LogP contribution in [0.2, 0.25) is 0 Å². The standard InChI is InChI=1S/C11H18N2O3S/c1-3-8-17-9-6-12-11(16)13(2)7-4-5-10(14)15/h1H,4-9H2,2H3,(H,12,16)(H,14,15). The van der Waals surface area contributed by atoms with E-state index in [1.165, 1.54) is 4.90 Å². The molecular weight excluding hydrogens is 240 g/mol. The molecule has 0 aromatic heterocycles. The van der Waals surface area contributed by atoms with Crippen molar-refractivity contribution in [2.24, 2.45) is 0 Å². The summed E-state index contributed by atoms with van der Waals surface area (Å²) in [5.74, 6) is 3.08. The Labute approximate surface area is 106 Å². The Morgan fingerprint density at radius 3 is 2.82 bits per heavy atom. The minimum absolute atomic E-state index is 0.0790. The van der Waals surface area contributed by atoms with Crippen LogP contribution in [0, 0.1) is 12.3 Å². The minimum atomic E-state index is -0.843. The zero-order valence-corrected chi connectivity index (χ0v) is 10.8. The third-order valence-corrected chi connectivity index (χ3v) is 2.80. The molecule has 0 bridgehead atoms. The van der Waals surface area contributed by atoms with E-state index in [1.54, 1.807) is 18.8 Å². The lowest BCUT2D eigenvalue weighted by Crippen LogP contribution is -2.38. The van der Waals surface area contributed by atoms with Crippen LogP contribution in [0.25, 0.3) is 0 Å². The van der Waals surface area contributed by atoms with Crippen LogP contribution in [0.4, 0.5) is 4.79 Å². The molecule has 0 unspecified atom stereocenters. The number of terminal acetylenes is 1. The van der Waals surface area contributed by atoms with Crippen molar-refractivity contribution in [2.75, 3.05) is 31.6 Å². The summed E-state index contributed by atoms with van der Waals surface area (Å²) in [6, 6.07) is -0.184. The first kappa shape index (κ1) is 15.7. The molecule has 0 saturated carbocycles. The van der Waals surface area contributed by atoms with Crippen molar-refractivity contribution in [3.63, 3.8) is 0 Å². The van der Waals surface area contributed by atoms with E-state index in [0.717, 1.165) is 5.75 Å². The van der Waals surface area contributed by atoms with E-state index in [2.05, 4.69) is 11.2 Å². The second-order valence-electron chi connectivity index (χ2n) is 3.41. The lowest BCUT2D eigenvalue weighted by molar-refractivity contribution is -0.137. The number of aliphatic carboxylic acids is 1. The number of carboxylic acids is 1. The van der Waals surface area contributed by atoms with Crippen molar-refractivity contribution in [3.8, 4) is 12.3 Å². The van der Waals surface area contributed by atoms with Crippen LogP contribution in [0.5, 0.6) is 0 Å². The maximum atomic E-state index is 11.5. The van der Waals surface area contributed by atoms with Crippen LogP contribution >= 0.6 is 11.8 Å². The SMILES string of the molecule is C#CCSCCNC(=O)N(C)CCCC(=O)O. The van der Waals surface area contributed by atoms with Crippen molar-refractivity contribution in [2.45, 2.75) is 12.8 Å². The zero-order valence-electron chi connectivity index (χ0n) is 9.94. The number of carbonyl (C=O) groups excluding carboxylic acids is 1. The van der Waals surface area contributed by atoms with Gasteiger partial charge in [-0.3, -0.25) is 4.79 Å². The average molecular weight is 258 g/mol. The highest BCUT2D eigenvalue weighted by atomic mass is 32.2. The van der Waals surface area contributed by atoms with Crippen molar-refractivity contribution in [1.82, 2.24) is 10.2 Å². The van der Waals surface area contributed by atoms with Crippen LogP contribution in [-0.2, 0) is 4.79 Å². The molecule has 0 radical (unpaired) electrons. The van der Waals surface area contributed by atoms with E-state index in [0.29, 0.717) is 25.3 Å². The molecule has 0 aromatic carbocycles. The highest BCUT2D eigenvalue weighted by Crippen LogP contribution is 1.97. The number of nitrogens with zero attached hydrogens (tertiary/aromatic N) is 1. The molecule has 0 spiro atoms. The molecule has 5 nitrogen and oxygen atoms in total. The van der Waals surface area contributed by atoms with Gasteiger partial charge in [-0.2, -0.15) is 0 Å². The molecule has 0 aliphatic heterocycles. The normalized spacial score (nSPS) is 9.41. The Balaban J connectivity index is 3.54. The largest absolute Gasteiger partial charge is 0.481 e. The number of carbonyl (C=O) groups is 2. The summed E-state index contributed by atoms with van der Waals surface area (Å²) >= 11 is 1.58. The summed E-state index contributed by atoms with van der Waals surface area (Å²) in [4.78, 5) is 23.2. The predicted octanol–water partition coefficient (Wildman–Crippen LogP) is 0.859. The first-order chi connectivity index (χ1) is 8.07. The fraction of sp³-hybridized carbons (Fsp3) is 0.636. The highest BCUT2D eigenvalue weighted by Gasteiger charge is 2.07. The summed E-state index contributed by atoms with van der Waals surface area (Å²) in [7, 11) is 1.64. The molecular formula is C11H18N2O3S. The fourth-order valence-corrected chi connectivity index (χ4v) is 1.57. The van der Waals surface area contributed by atoms with Gasteiger partial charge < -0.3 is 15.3 Å². The molecule has 17 heavy (non-hydrogen) atoms. The molecule has 0 atom stereocenters. The van der Waals surface area contributed by atoms with E-state index in [4.69, 9.17) is 11.5 Å². The van der Waals surface area contributed by atoms with Crippen molar-refractivity contribution >= 4 is 23.8 Å². The van der Waals surface area contributed by atoms with Gasteiger partial charge in [0.25, 0.3) is 0 Å². The van der Waals surface area contributed by atoms with Gasteiger partial charge >= 0.3 is 12.0 Å². The summed E-state index contributed by atoms with van der Waals surface area (Å²) in [6.07, 6.45) is 5.63. The number of urea groups is 1. The lowest BCUT2D eigenvalue weighted by Gasteiger charge is -2.17. The van der Waals surface area contributed by atoms with Gasteiger partial charge in [0.05, 0.1) is 5.75 Å². The molecule has 0 fully saturated rings. The van der Waals surface area contributed by atoms with Crippen LogP contribution in [-0.4, -0.2) is 53.6 Å². The number of rotatable bonds is 8. The molecule has 6 heteroatoms. The van der Waals surface area contributed by atoms with E-state index in [1.807, 2.05) is 0 Å². The van der Waals surface area contributed by atoms with E-state index in [-0.39, 0.29) is 12.5 Å². The molecule has 96 valence electrons. The Morgan fingerprint density at radius 1 is 1.53 bits per heavy atom. The molecule has 0 heterocycles.